The fraction of sp³-hybridized carbons (Fsp3) is 0.333. The number of aromatic nitrogens is 2. The Kier molecular flexibility index (Phi) is 4.17. The van der Waals surface area contributed by atoms with Crippen molar-refractivity contribution in [1.82, 2.24) is 14.9 Å². The Balaban J connectivity index is 2.22. The molecule has 0 aliphatic heterocycles. The quantitative estimate of drug-likeness (QED) is 0.837. The normalized spacial score (nSPS) is 11.8. The average Bonchev–Trinajstić information content (AvgIpc) is 2.82. The van der Waals surface area contributed by atoms with Crippen molar-refractivity contribution in [1.29, 1.82) is 0 Å². The molecule has 1 aromatic carbocycles. The molecular formula is C12H16N4O3S. The minimum atomic E-state index is -3.65. The Morgan fingerprint density at radius 2 is 2.10 bits per heavy atom. The van der Waals surface area contributed by atoms with Crippen LogP contribution in [0.15, 0.2) is 27.6 Å². The molecule has 0 saturated heterocycles. The molecule has 0 aliphatic carbocycles. The van der Waals surface area contributed by atoms with Crippen LogP contribution >= 0.6 is 0 Å². The highest BCUT2D eigenvalue weighted by Gasteiger charge is 2.19. The van der Waals surface area contributed by atoms with Crippen molar-refractivity contribution in [3.63, 3.8) is 0 Å². The lowest BCUT2D eigenvalue weighted by atomic mass is 10.1. The second-order valence-corrected chi connectivity index (χ2v) is 6.04. The van der Waals surface area contributed by atoms with Crippen LogP contribution in [0.2, 0.25) is 0 Å². The molecule has 108 valence electrons. The Labute approximate surface area is 117 Å². The molecule has 0 aliphatic rings. The number of benzene rings is 1. The maximum atomic E-state index is 12.3. The number of rotatable bonds is 5. The first-order chi connectivity index (χ1) is 9.44. The van der Waals surface area contributed by atoms with Crippen LogP contribution in [0, 0.1) is 13.8 Å². The summed E-state index contributed by atoms with van der Waals surface area (Å²) in [4.78, 5) is 4.14. The summed E-state index contributed by atoms with van der Waals surface area (Å²) >= 11 is 0. The van der Waals surface area contributed by atoms with Crippen molar-refractivity contribution >= 4 is 10.0 Å². The molecule has 3 N–H and O–H groups in total. The SMILES string of the molecule is Cc1noc(CNS(=O)(=O)c2cccc(CN)c2C)n1. The molecule has 0 atom stereocenters. The van der Waals surface area contributed by atoms with E-state index in [1.54, 1.807) is 26.0 Å². The van der Waals surface area contributed by atoms with Gasteiger partial charge in [0.1, 0.15) is 0 Å². The molecule has 0 unspecified atom stereocenters. The fourth-order valence-corrected chi connectivity index (χ4v) is 3.08. The largest absolute Gasteiger partial charge is 0.338 e. The number of nitrogens with two attached hydrogens (primary N) is 1. The Morgan fingerprint density at radius 3 is 2.70 bits per heavy atom. The molecule has 7 nitrogen and oxygen atoms in total. The minimum absolute atomic E-state index is 0.0462. The number of aryl methyl sites for hydroxylation is 1. The molecule has 8 heteroatoms. The summed E-state index contributed by atoms with van der Waals surface area (Å²) in [7, 11) is -3.65. The maximum Gasteiger partial charge on any atom is 0.241 e. The smallest absolute Gasteiger partial charge is 0.241 e. The van der Waals surface area contributed by atoms with E-state index < -0.39 is 10.0 Å². The molecular weight excluding hydrogens is 280 g/mol. The second kappa shape index (κ2) is 5.70. The van der Waals surface area contributed by atoms with Gasteiger partial charge in [-0.15, -0.1) is 0 Å². The Hall–Kier alpha value is -1.77. The van der Waals surface area contributed by atoms with Crippen LogP contribution in [0.1, 0.15) is 22.8 Å². The van der Waals surface area contributed by atoms with Crippen molar-refractivity contribution in [2.75, 3.05) is 0 Å². The highest BCUT2D eigenvalue weighted by molar-refractivity contribution is 7.89. The lowest BCUT2D eigenvalue weighted by Gasteiger charge is -2.10. The number of hydrogen-bond donors (Lipinski definition) is 2. The number of sulfonamides is 1. The van der Waals surface area contributed by atoms with Crippen LogP contribution in [-0.4, -0.2) is 18.6 Å². The van der Waals surface area contributed by atoms with Gasteiger partial charge in [0.25, 0.3) is 0 Å². The summed E-state index contributed by atoms with van der Waals surface area (Å²) in [6, 6.07) is 5.01. The van der Waals surface area contributed by atoms with E-state index in [4.69, 9.17) is 10.3 Å². The zero-order valence-corrected chi connectivity index (χ0v) is 12.1. The van der Waals surface area contributed by atoms with Gasteiger partial charge in [-0.05, 0) is 31.0 Å². The second-order valence-electron chi connectivity index (χ2n) is 4.30. The van der Waals surface area contributed by atoms with Crippen LogP contribution in [0.4, 0.5) is 0 Å². The third kappa shape index (κ3) is 3.03. The summed E-state index contributed by atoms with van der Waals surface area (Å²) < 4.78 is 31.8. The molecule has 20 heavy (non-hydrogen) atoms. The summed E-state index contributed by atoms with van der Waals surface area (Å²) in [5.74, 6) is 0.680. The van der Waals surface area contributed by atoms with Gasteiger partial charge < -0.3 is 10.3 Å². The van der Waals surface area contributed by atoms with Crippen LogP contribution in [-0.2, 0) is 23.1 Å². The molecule has 0 amide bonds. The summed E-state index contributed by atoms with van der Waals surface area (Å²) in [5, 5.41) is 3.60. The van der Waals surface area contributed by atoms with Gasteiger partial charge in [0.15, 0.2) is 5.82 Å². The monoisotopic (exact) mass is 296 g/mol. The molecule has 0 spiro atoms. The first-order valence-electron chi connectivity index (χ1n) is 6.01. The third-order valence-electron chi connectivity index (χ3n) is 2.89. The molecule has 1 heterocycles. The standard InChI is InChI=1S/C12H16N4O3S/c1-8-10(6-13)4-3-5-11(8)20(17,18)14-7-12-15-9(2)16-19-12/h3-5,14H,6-7,13H2,1-2H3. The molecule has 1 aromatic heterocycles. The van der Waals surface area contributed by atoms with Crippen LogP contribution in [0.25, 0.3) is 0 Å². The molecule has 0 bridgehead atoms. The van der Waals surface area contributed by atoms with Crippen molar-refractivity contribution in [3.05, 3.63) is 41.0 Å². The van der Waals surface area contributed by atoms with Gasteiger partial charge in [-0.1, -0.05) is 17.3 Å². The van der Waals surface area contributed by atoms with E-state index in [0.717, 1.165) is 5.56 Å². The zero-order chi connectivity index (χ0) is 14.8. The van der Waals surface area contributed by atoms with Crippen LogP contribution in [0.5, 0.6) is 0 Å². The van der Waals surface area contributed by atoms with Crippen LogP contribution in [0.3, 0.4) is 0 Å². The van der Waals surface area contributed by atoms with Gasteiger partial charge in [0, 0.05) is 6.54 Å². The molecule has 0 saturated carbocycles. The summed E-state index contributed by atoms with van der Waals surface area (Å²) in [5.41, 5.74) is 7.02. The number of nitrogens with one attached hydrogen (secondary N) is 1. The highest BCUT2D eigenvalue weighted by Crippen LogP contribution is 2.18. The Bertz CT molecular complexity index is 709. The van der Waals surface area contributed by atoms with Gasteiger partial charge in [-0.3, -0.25) is 0 Å². The summed E-state index contributed by atoms with van der Waals surface area (Å²) in [6.07, 6.45) is 0. The minimum Gasteiger partial charge on any atom is -0.338 e. The molecule has 2 rings (SSSR count). The number of hydrogen-bond acceptors (Lipinski definition) is 6. The zero-order valence-electron chi connectivity index (χ0n) is 11.3. The van der Waals surface area contributed by atoms with Crippen LogP contribution < -0.4 is 10.5 Å². The van der Waals surface area contributed by atoms with Crippen molar-refractivity contribution in [3.8, 4) is 0 Å². The number of nitrogens with zero attached hydrogens (tertiary/aromatic N) is 2. The first-order valence-corrected chi connectivity index (χ1v) is 7.50. The van der Waals surface area contributed by atoms with Crippen molar-refractivity contribution in [2.45, 2.75) is 31.8 Å². The van der Waals surface area contributed by atoms with E-state index in [2.05, 4.69) is 14.9 Å². The van der Waals surface area contributed by atoms with Crippen molar-refractivity contribution < 1.29 is 12.9 Å². The molecule has 2 aromatic rings. The van der Waals surface area contributed by atoms with E-state index in [-0.39, 0.29) is 23.9 Å². The van der Waals surface area contributed by atoms with Gasteiger partial charge in [0.2, 0.25) is 15.9 Å². The van der Waals surface area contributed by atoms with Gasteiger partial charge in [-0.2, -0.15) is 4.98 Å². The van der Waals surface area contributed by atoms with E-state index in [9.17, 15) is 8.42 Å². The van der Waals surface area contributed by atoms with Gasteiger partial charge >= 0.3 is 0 Å². The lowest BCUT2D eigenvalue weighted by molar-refractivity contribution is 0.372. The average molecular weight is 296 g/mol. The highest BCUT2D eigenvalue weighted by atomic mass is 32.2. The summed E-state index contributed by atoms with van der Waals surface area (Å²) in [6.45, 7) is 3.64. The predicted molar refractivity (Wildman–Crippen MR) is 72.1 cm³/mol. The van der Waals surface area contributed by atoms with Gasteiger partial charge in [0.05, 0.1) is 11.4 Å². The van der Waals surface area contributed by atoms with E-state index in [0.29, 0.717) is 11.4 Å². The van der Waals surface area contributed by atoms with E-state index >= 15 is 0 Å². The third-order valence-corrected chi connectivity index (χ3v) is 4.43. The van der Waals surface area contributed by atoms with E-state index in [1.807, 2.05) is 0 Å². The predicted octanol–water partition coefficient (Wildman–Crippen LogP) is 0.624. The first kappa shape index (κ1) is 14.6. The van der Waals surface area contributed by atoms with E-state index in [1.165, 1.54) is 6.07 Å². The fourth-order valence-electron chi connectivity index (χ4n) is 1.82. The lowest BCUT2D eigenvalue weighted by Crippen LogP contribution is -2.24. The maximum absolute atomic E-state index is 12.3. The van der Waals surface area contributed by atoms with Crippen molar-refractivity contribution in [2.24, 2.45) is 5.73 Å². The van der Waals surface area contributed by atoms with Gasteiger partial charge in [-0.25, -0.2) is 13.1 Å². The Morgan fingerprint density at radius 1 is 1.35 bits per heavy atom. The topological polar surface area (TPSA) is 111 Å². The molecule has 0 fully saturated rings. The molecule has 0 radical (unpaired) electrons.